The van der Waals surface area contributed by atoms with Gasteiger partial charge < -0.3 is 20.3 Å². The predicted octanol–water partition coefficient (Wildman–Crippen LogP) is 4.85. The van der Waals surface area contributed by atoms with Crippen molar-refractivity contribution in [3.05, 3.63) is 59.7 Å². The highest BCUT2D eigenvalue weighted by Gasteiger charge is 2.45. The summed E-state index contributed by atoms with van der Waals surface area (Å²) in [4.78, 5) is 0. The molecule has 0 aliphatic rings. The first-order valence-corrected chi connectivity index (χ1v) is 10.8. The molecule has 0 saturated carbocycles. The summed E-state index contributed by atoms with van der Waals surface area (Å²) in [7, 11) is -2.43. The van der Waals surface area contributed by atoms with Gasteiger partial charge in [0, 0.05) is 11.4 Å². The zero-order chi connectivity index (χ0) is 18.4. The molecule has 0 aliphatic heterocycles. The molecule has 2 aromatic rings. The van der Waals surface area contributed by atoms with Crippen molar-refractivity contribution in [3.63, 3.8) is 0 Å². The molecule has 0 fully saturated rings. The monoisotopic (exact) mass is 358 g/mol. The number of benzene rings is 2. The van der Waals surface area contributed by atoms with Crippen LogP contribution in [-0.2, 0) is 22.1 Å². The van der Waals surface area contributed by atoms with Gasteiger partial charge in [-0.3, -0.25) is 0 Å². The van der Waals surface area contributed by atoms with Crippen molar-refractivity contribution in [2.24, 2.45) is 0 Å². The van der Waals surface area contributed by atoms with Crippen LogP contribution >= 0.6 is 0 Å². The smallest absolute Gasteiger partial charge is 0.344 e. The van der Waals surface area contributed by atoms with E-state index in [2.05, 4.69) is 27.7 Å². The number of hydrogen-bond acceptors (Lipinski definition) is 4. The van der Waals surface area contributed by atoms with Gasteiger partial charge in [-0.25, -0.2) is 0 Å². The highest BCUT2D eigenvalue weighted by molar-refractivity contribution is 6.70. The van der Waals surface area contributed by atoms with Crippen LogP contribution in [0.3, 0.4) is 0 Å². The Balaban J connectivity index is 2.15. The van der Waals surface area contributed by atoms with Gasteiger partial charge >= 0.3 is 8.56 Å². The SMILES string of the molecule is CC(C)[Si](OCc1cccc(N)c1)(OCc1cccc(N)c1)C(C)C. The molecule has 4 nitrogen and oxygen atoms in total. The molecule has 25 heavy (non-hydrogen) atoms. The fourth-order valence-corrected chi connectivity index (χ4v) is 6.67. The maximum Gasteiger partial charge on any atom is 0.344 e. The van der Waals surface area contributed by atoms with Crippen LogP contribution in [-0.4, -0.2) is 8.56 Å². The first-order chi connectivity index (χ1) is 11.8. The maximum atomic E-state index is 6.48. The zero-order valence-electron chi connectivity index (χ0n) is 15.7. The van der Waals surface area contributed by atoms with Crippen molar-refractivity contribution >= 4 is 19.9 Å². The normalized spacial score (nSPS) is 12.1. The lowest BCUT2D eigenvalue weighted by atomic mass is 10.2. The van der Waals surface area contributed by atoms with Crippen LogP contribution in [0, 0.1) is 0 Å². The summed E-state index contributed by atoms with van der Waals surface area (Å²) in [5.74, 6) is 0. The van der Waals surface area contributed by atoms with Gasteiger partial charge in [-0.15, -0.1) is 0 Å². The quantitative estimate of drug-likeness (QED) is 0.523. The van der Waals surface area contributed by atoms with Crippen molar-refractivity contribution in [2.75, 3.05) is 11.5 Å². The third-order valence-corrected chi connectivity index (χ3v) is 8.85. The van der Waals surface area contributed by atoms with E-state index in [1.807, 2.05) is 48.5 Å². The van der Waals surface area contributed by atoms with Gasteiger partial charge in [0.05, 0.1) is 13.2 Å². The first-order valence-electron chi connectivity index (χ1n) is 8.80. The second-order valence-electron chi connectivity index (χ2n) is 7.10. The number of rotatable bonds is 8. The molecule has 0 atom stereocenters. The molecule has 0 radical (unpaired) electrons. The Morgan fingerprint density at radius 3 is 1.48 bits per heavy atom. The van der Waals surface area contributed by atoms with E-state index >= 15 is 0 Å². The Hall–Kier alpha value is -1.82. The standard InChI is InChI=1S/C20H30N2O2Si/c1-15(2)25(16(3)4,23-13-17-7-5-9-19(21)11-17)24-14-18-8-6-10-20(22)12-18/h5-12,15-16H,13-14,21-22H2,1-4H3. The molecule has 4 N–H and O–H groups in total. The molecule has 0 aromatic heterocycles. The van der Waals surface area contributed by atoms with Crippen molar-refractivity contribution in [3.8, 4) is 0 Å². The third-order valence-electron chi connectivity index (χ3n) is 4.44. The van der Waals surface area contributed by atoms with E-state index in [9.17, 15) is 0 Å². The van der Waals surface area contributed by atoms with Crippen LogP contribution in [0.4, 0.5) is 11.4 Å². The summed E-state index contributed by atoms with van der Waals surface area (Å²) >= 11 is 0. The van der Waals surface area contributed by atoms with Gasteiger partial charge in [0.15, 0.2) is 0 Å². The topological polar surface area (TPSA) is 70.5 Å². The second-order valence-corrected chi connectivity index (χ2v) is 11.4. The maximum absolute atomic E-state index is 6.48. The lowest BCUT2D eigenvalue weighted by molar-refractivity contribution is 0.138. The average Bonchev–Trinajstić information content (AvgIpc) is 2.54. The van der Waals surface area contributed by atoms with Crippen LogP contribution < -0.4 is 11.5 Å². The van der Waals surface area contributed by atoms with Gasteiger partial charge in [-0.2, -0.15) is 0 Å². The summed E-state index contributed by atoms with van der Waals surface area (Å²) in [6, 6.07) is 15.7. The van der Waals surface area contributed by atoms with E-state index in [0.29, 0.717) is 24.3 Å². The number of nitrogen functional groups attached to an aromatic ring is 2. The van der Waals surface area contributed by atoms with Crippen molar-refractivity contribution in [2.45, 2.75) is 52.0 Å². The van der Waals surface area contributed by atoms with E-state index in [4.69, 9.17) is 20.3 Å². The molecule has 136 valence electrons. The Bertz CT molecular complexity index is 629. The summed E-state index contributed by atoms with van der Waals surface area (Å²) in [5.41, 5.74) is 16.1. The van der Waals surface area contributed by atoms with Gasteiger partial charge in [-0.05, 0) is 46.5 Å². The summed E-state index contributed by atoms with van der Waals surface area (Å²) in [6.07, 6.45) is 0. The summed E-state index contributed by atoms with van der Waals surface area (Å²) in [6.45, 7) is 9.78. The van der Waals surface area contributed by atoms with Crippen molar-refractivity contribution in [1.29, 1.82) is 0 Å². The average molecular weight is 359 g/mol. The van der Waals surface area contributed by atoms with E-state index in [1.54, 1.807) is 0 Å². The third kappa shape index (κ3) is 5.08. The lowest BCUT2D eigenvalue weighted by Crippen LogP contribution is -2.47. The second kappa shape index (κ2) is 8.51. The van der Waals surface area contributed by atoms with Crippen LogP contribution in [0.25, 0.3) is 0 Å². The van der Waals surface area contributed by atoms with Crippen LogP contribution in [0.5, 0.6) is 0 Å². The molecular weight excluding hydrogens is 328 g/mol. The summed E-state index contributed by atoms with van der Waals surface area (Å²) < 4.78 is 13.0. The van der Waals surface area contributed by atoms with Crippen molar-refractivity contribution in [1.82, 2.24) is 0 Å². The van der Waals surface area contributed by atoms with E-state index in [-0.39, 0.29) is 0 Å². The number of hydrogen-bond donors (Lipinski definition) is 2. The largest absolute Gasteiger partial charge is 0.399 e. The molecule has 0 unspecified atom stereocenters. The number of anilines is 2. The molecule has 0 heterocycles. The molecule has 2 rings (SSSR count). The molecule has 2 aromatic carbocycles. The lowest BCUT2D eigenvalue weighted by Gasteiger charge is -2.37. The molecular formula is C20H30N2O2Si. The van der Waals surface area contributed by atoms with Gasteiger partial charge in [0.1, 0.15) is 0 Å². The molecule has 0 aliphatic carbocycles. The van der Waals surface area contributed by atoms with E-state index in [0.717, 1.165) is 22.5 Å². The highest BCUT2D eigenvalue weighted by atomic mass is 28.4. The van der Waals surface area contributed by atoms with Gasteiger partial charge in [0.25, 0.3) is 0 Å². The Morgan fingerprint density at radius 1 is 0.760 bits per heavy atom. The predicted molar refractivity (Wildman–Crippen MR) is 107 cm³/mol. The van der Waals surface area contributed by atoms with E-state index < -0.39 is 8.56 Å². The van der Waals surface area contributed by atoms with E-state index in [1.165, 1.54) is 0 Å². The number of nitrogens with two attached hydrogens (primary N) is 2. The zero-order valence-corrected chi connectivity index (χ0v) is 16.7. The first kappa shape index (κ1) is 19.5. The molecule has 0 saturated heterocycles. The van der Waals surface area contributed by atoms with Crippen LogP contribution in [0.15, 0.2) is 48.5 Å². The molecule has 0 bridgehead atoms. The minimum atomic E-state index is -2.43. The van der Waals surface area contributed by atoms with Gasteiger partial charge in [0.2, 0.25) is 0 Å². The molecule has 0 spiro atoms. The van der Waals surface area contributed by atoms with Crippen LogP contribution in [0.1, 0.15) is 38.8 Å². The Kier molecular flexibility index (Phi) is 6.64. The molecule has 5 heteroatoms. The fraction of sp³-hybridized carbons (Fsp3) is 0.400. The highest BCUT2D eigenvalue weighted by Crippen LogP contribution is 2.36. The van der Waals surface area contributed by atoms with Crippen molar-refractivity contribution < 1.29 is 8.85 Å². The fourth-order valence-electron chi connectivity index (χ4n) is 3.13. The van der Waals surface area contributed by atoms with Crippen LogP contribution in [0.2, 0.25) is 11.1 Å². The molecule has 0 amide bonds. The minimum Gasteiger partial charge on any atom is -0.399 e. The Labute approximate surface area is 152 Å². The summed E-state index contributed by atoms with van der Waals surface area (Å²) in [5, 5.41) is 0. The minimum absolute atomic E-state index is 0.328. The van der Waals surface area contributed by atoms with Gasteiger partial charge in [-0.1, -0.05) is 52.0 Å². The Morgan fingerprint density at radius 2 is 1.16 bits per heavy atom.